The van der Waals surface area contributed by atoms with Crippen LogP contribution in [0, 0.1) is 6.92 Å². The van der Waals surface area contributed by atoms with E-state index in [1.165, 1.54) is 11.3 Å². The van der Waals surface area contributed by atoms with Crippen molar-refractivity contribution in [2.45, 2.75) is 32.6 Å². The van der Waals surface area contributed by atoms with E-state index in [0.717, 1.165) is 36.3 Å². The van der Waals surface area contributed by atoms with Crippen molar-refractivity contribution in [1.29, 1.82) is 0 Å². The Morgan fingerprint density at radius 3 is 2.78 bits per heavy atom. The molecule has 6 nitrogen and oxygen atoms in total. The van der Waals surface area contributed by atoms with Crippen LogP contribution in [0.4, 0.5) is 11.5 Å². The molecule has 0 fully saturated rings. The Bertz CT molecular complexity index is 825. The summed E-state index contributed by atoms with van der Waals surface area (Å²) in [4.78, 5) is 13.0. The summed E-state index contributed by atoms with van der Waals surface area (Å²) in [5.74, 6) is 2.22. The fourth-order valence-electron chi connectivity index (χ4n) is 2.90. The van der Waals surface area contributed by atoms with E-state index in [1.807, 2.05) is 19.1 Å². The maximum atomic E-state index is 5.15. The van der Waals surface area contributed by atoms with Crippen LogP contribution in [0.3, 0.4) is 0 Å². The van der Waals surface area contributed by atoms with Gasteiger partial charge >= 0.3 is 0 Å². The van der Waals surface area contributed by atoms with Crippen LogP contribution in [0.25, 0.3) is 0 Å². The molecule has 0 saturated carbocycles. The molecule has 0 aliphatic heterocycles. The highest BCUT2D eigenvalue weighted by Gasteiger charge is 2.17. The molecule has 0 saturated heterocycles. The third kappa shape index (κ3) is 2.92. The van der Waals surface area contributed by atoms with Crippen LogP contribution in [0.2, 0.25) is 0 Å². The summed E-state index contributed by atoms with van der Waals surface area (Å²) in [6, 6.07) is 8.20. The normalized spacial score (nSPS) is 13.1. The minimum absolute atomic E-state index is 0.636. The molecule has 1 N–H and O–H groups in total. The number of hydrogen-bond acceptors (Lipinski definition) is 6. The molecule has 0 bridgehead atoms. The molecule has 3 aromatic rings. The Labute approximate surface area is 134 Å². The van der Waals surface area contributed by atoms with Gasteiger partial charge < -0.3 is 9.84 Å². The largest absolute Gasteiger partial charge is 0.340 e. The van der Waals surface area contributed by atoms with E-state index in [4.69, 9.17) is 4.52 Å². The number of anilines is 2. The highest BCUT2D eigenvalue weighted by atomic mass is 16.5. The number of fused-ring (bicyclic) bond motifs is 1. The third-order valence-electron chi connectivity index (χ3n) is 4.02. The average Bonchev–Trinajstić information content (AvgIpc) is 3.19. The van der Waals surface area contributed by atoms with Crippen molar-refractivity contribution >= 4 is 11.5 Å². The fraction of sp³-hybridized carbons (Fsp3) is 0.294. The topological polar surface area (TPSA) is 76.7 Å². The molecule has 116 valence electrons. The van der Waals surface area contributed by atoms with E-state index >= 15 is 0 Å². The second-order valence-electron chi connectivity index (χ2n) is 5.74. The van der Waals surface area contributed by atoms with Crippen molar-refractivity contribution in [3.8, 4) is 0 Å². The lowest BCUT2D eigenvalue weighted by Crippen LogP contribution is -2.00. The summed E-state index contributed by atoms with van der Waals surface area (Å²) in [6.45, 7) is 1.82. The summed E-state index contributed by atoms with van der Waals surface area (Å²) < 4.78 is 5.15. The monoisotopic (exact) mass is 307 g/mol. The van der Waals surface area contributed by atoms with Crippen molar-refractivity contribution < 1.29 is 4.52 Å². The highest BCUT2D eigenvalue weighted by molar-refractivity contribution is 5.61. The Morgan fingerprint density at radius 2 is 2.00 bits per heavy atom. The SMILES string of the molecule is Cc1noc(Cc2ccc(Nc3ncnc4c3CCC4)cc2)n1. The predicted octanol–water partition coefficient (Wildman–Crippen LogP) is 2.99. The van der Waals surface area contributed by atoms with Gasteiger partial charge in [-0.15, -0.1) is 0 Å². The minimum Gasteiger partial charge on any atom is -0.340 e. The first-order valence-corrected chi connectivity index (χ1v) is 7.76. The molecule has 0 atom stereocenters. The van der Waals surface area contributed by atoms with E-state index in [0.29, 0.717) is 18.1 Å². The number of nitrogens with zero attached hydrogens (tertiary/aromatic N) is 4. The third-order valence-corrected chi connectivity index (χ3v) is 4.02. The van der Waals surface area contributed by atoms with Gasteiger partial charge in [0, 0.05) is 16.9 Å². The zero-order valence-corrected chi connectivity index (χ0v) is 12.9. The Balaban J connectivity index is 1.49. The van der Waals surface area contributed by atoms with Crippen LogP contribution in [-0.4, -0.2) is 20.1 Å². The van der Waals surface area contributed by atoms with Gasteiger partial charge in [0.05, 0.1) is 6.42 Å². The van der Waals surface area contributed by atoms with Crippen LogP contribution in [-0.2, 0) is 19.3 Å². The van der Waals surface area contributed by atoms with Crippen molar-refractivity contribution in [3.05, 3.63) is 59.1 Å². The first-order chi connectivity index (χ1) is 11.3. The molecule has 23 heavy (non-hydrogen) atoms. The van der Waals surface area contributed by atoms with Crippen molar-refractivity contribution in [2.24, 2.45) is 0 Å². The van der Waals surface area contributed by atoms with Gasteiger partial charge in [-0.05, 0) is 43.9 Å². The van der Waals surface area contributed by atoms with E-state index in [9.17, 15) is 0 Å². The molecule has 1 aromatic carbocycles. The standard InChI is InChI=1S/C17H17N5O/c1-11-20-16(23-22-11)9-12-5-7-13(8-6-12)21-17-14-3-2-4-15(14)18-10-19-17/h5-8,10H,2-4,9H2,1H3,(H,18,19,21). The first kappa shape index (κ1) is 13.9. The van der Waals surface area contributed by atoms with Crippen molar-refractivity contribution in [3.63, 3.8) is 0 Å². The molecule has 0 amide bonds. The fourth-order valence-corrected chi connectivity index (χ4v) is 2.90. The second-order valence-corrected chi connectivity index (χ2v) is 5.74. The molecule has 4 rings (SSSR count). The van der Waals surface area contributed by atoms with Gasteiger partial charge in [0.15, 0.2) is 5.82 Å². The zero-order valence-electron chi connectivity index (χ0n) is 12.9. The lowest BCUT2D eigenvalue weighted by molar-refractivity contribution is 0.381. The van der Waals surface area contributed by atoms with Gasteiger partial charge in [-0.1, -0.05) is 17.3 Å². The average molecular weight is 307 g/mol. The Hall–Kier alpha value is -2.76. The minimum atomic E-state index is 0.636. The molecule has 1 aliphatic carbocycles. The Morgan fingerprint density at radius 1 is 1.13 bits per heavy atom. The van der Waals surface area contributed by atoms with E-state index < -0.39 is 0 Å². The number of aromatic nitrogens is 4. The zero-order chi connectivity index (χ0) is 15.6. The van der Waals surface area contributed by atoms with E-state index in [2.05, 4.69) is 37.6 Å². The van der Waals surface area contributed by atoms with Crippen molar-refractivity contribution in [1.82, 2.24) is 20.1 Å². The number of aryl methyl sites for hydroxylation is 2. The quantitative estimate of drug-likeness (QED) is 0.798. The molecule has 0 unspecified atom stereocenters. The number of hydrogen-bond donors (Lipinski definition) is 1. The highest BCUT2D eigenvalue weighted by Crippen LogP contribution is 2.27. The summed E-state index contributed by atoms with van der Waals surface area (Å²) in [7, 11) is 0. The van der Waals surface area contributed by atoms with Gasteiger partial charge in [0.2, 0.25) is 5.89 Å². The van der Waals surface area contributed by atoms with Crippen LogP contribution >= 0.6 is 0 Å². The molecule has 0 radical (unpaired) electrons. The first-order valence-electron chi connectivity index (χ1n) is 7.76. The lowest BCUT2D eigenvalue weighted by atomic mass is 10.1. The summed E-state index contributed by atoms with van der Waals surface area (Å²) in [5, 5.41) is 7.20. The Kier molecular flexibility index (Phi) is 3.49. The maximum Gasteiger partial charge on any atom is 0.231 e. The van der Waals surface area contributed by atoms with Gasteiger partial charge in [0.1, 0.15) is 12.1 Å². The molecule has 6 heteroatoms. The smallest absolute Gasteiger partial charge is 0.231 e. The van der Waals surface area contributed by atoms with Crippen molar-refractivity contribution in [2.75, 3.05) is 5.32 Å². The number of rotatable bonds is 4. The summed E-state index contributed by atoms with van der Waals surface area (Å²) >= 11 is 0. The van der Waals surface area contributed by atoms with Gasteiger partial charge in [-0.25, -0.2) is 9.97 Å². The molecular formula is C17H17N5O. The van der Waals surface area contributed by atoms with Gasteiger partial charge in [0.25, 0.3) is 0 Å². The number of benzene rings is 1. The maximum absolute atomic E-state index is 5.15. The molecule has 2 aromatic heterocycles. The van der Waals surface area contributed by atoms with E-state index in [-0.39, 0.29) is 0 Å². The second kappa shape index (κ2) is 5.79. The lowest BCUT2D eigenvalue weighted by Gasteiger charge is -2.10. The van der Waals surface area contributed by atoms with Crippen LogP contribution in [0.1, 0.15) is 35.0 Å². The van der Waals surface area contributed by atoms with Crippen LogP contribution in [0.15, 0.2) is 35.1 Å². The summed E-state index contributed by atoms with van der Waals surface area (Å²) in [6.07, 6.45) is 5.54. The van der Waals surface area contributed by atoms with Gasteiger partial charge in [-0.3, -0.25) is 0 Å². The van der Waals surface area contributed by atoms with Crippen LogP contribution in [0.5, 0.6) is 0 Å². The molecule has 1 aliphatic rings. The number of nitrogens with one attached hydrogen (secondary N) is 1. The molecule has 0 spiro atoms. The molecule has 2 heterocycles. The summed E-state index contributed by atoms with van der Waals surface area (Å²) in [5.41, 5.74) is 4.57. The molecular weight excluding hydrogens is 290 g/mol. The van der Waals surface area contributed by atoms with Gasteiger partial charge in [-0.2, -0.15) is 4.98 Å². The van der Waals surface area contributed by atoms with E-state index in [1.54, 1.807) is 6.33 Å². The van der Waals surface area contributed by atoms with Crippen LogP contribution < -0.4 is 5.32 Å². The predicted molar refractivity (Wildman–Crippen MR) is 85.6 cm³/mol.